The Kier molecular flexibility index (Phi) is 2.30. The molecule has 0 spiro atoms. The normalized spacial score (nSPS) is 11.1. The van der Waals surface area contributed by atoms with Gasteiger partial charge in [0.2, 0.25) is 0 Å². The number of aryl methyl sites for hydroxylation is 2. The lowest BCUT2D eigenvalue weighted by atomic mass is 10.1. The smallest absolute Gasteiger partial charge is 0.0864 e. The second-order valence-corrected chi connectivity index (χ2v) is 3.64. The van der Waals surface area contributed by atoms with Crippen LogP contribution >= 0.6 is 0 Å². The van der Waals surface area contributed by atoms with Crippen LogP contribution in [0.25, 0.3) is 10.9 Å². The molecule has 2 heteroatoms. The van der Waals surface area contributed by atoms with Crippen molar-refractivity contribution in [2.24, 2.45) is 7.05 Å². The van der Waals surface area contributed by atoms with Gasteiger partial charge in [0.1, 0.15) is 0 Å². The van der Waals surface area contributed by atoms with E-state index < -0.39 is 0 Å². The van der Waals surface area contributed by atoms with E-state index in [0.717, 1.165) is 0 Å². The summed E-state index contributed by atoms with van der Waals surface area (Å²) >= 11 is 0. The van der Waals surface area contributed by atoms with Gasteiger partial charge in [-0.05, 0) is 24.6 Å². The highest BCUT2D eigenvalue weighted by molar-refractivity contribution is 5.84. The number of hydrogen-bond acceptors (Lipinski definition) is 1. The summed E-state index contributed by atoms with van der Waals surface area (Å²) in [6, 6.07) is 8.57. The first-order chi connectivity index (χ1) is 6.74. The van der Waals surface area contributed by atoms with Crippen LogP contribution in [0, 0.1) is 6.92 Å². The topological polar surface area (TPSA) is 14.2 Å². The molecule has 0 aliphatic carbocycles. The highest BCUT2D eigenvalue weighted by Crippen LogP contribution is 2.22. The van der Waals surface area contributed by atoms with E-state index in [-0.39, 0.29) is 0 Å². The van der Waals surface area contributed by atoms with Gasteiger partial charge >= 0.3 is 0 Å². The van der Waals surface area contributed by atoms with Crippen LogP contribution in [0.5, 0.6) is 0 Å². The summed E-state index contributed by atoms with van der Waals surface area (Å²) in [6.07, 6.45) is 0. The molecule has 2 aromatic rings. The summed E-state index contributed by atoms with van der Waals surface area (Å²) in [6.45, 7) is 2.81. The number of rotatable bonds is 2. The Bertz CT molecular complexity index is 457. The maximum Gasteiger partial charge on any atom is 0.0864 e. The highest BCUT2D eigenvalue weighted by atomic mass is 16.5. The maximum atomic E-state index is 5.16. The average molecular weight is 189 g/mol. The summed E-state index contributed by atoms with van der Waals surface area (Å²) in [4.78, 5) is 0. The van der Waals surface area contributed by atoms with Crippen molar-refractivity contribution < 1.29 is 4.74 Å². The van der Waals surface area contributed by atoms with Gasteiger partial charge in [-0.1, -0.05) is 12.1 Å². The highest BCUT2D eigenvalue weighted by Gasteiger charge is 2.06. The van der Waals surface area contributed by atoms with Gasteiger partial charge in [-0.2, -0.15) is 0 Å². The van der Waals surface area contributed by atoms with Crippen LogP contribution in [0.1, 0.15) is 11.3 Å². The molecular weight excluding hydrogens is 174 g/mol. The third kappa shape index (κ3) is 1.32. The number of ether oxygens (including phenoxy) is 1. The first-order valence-corrected chi connectivity index (χ1v) is 4.77. The third-order valence-electron chi connectivity index (χ3n) is 2.70. The Balaban J connectivity index is 2.67. The zero-order chi connectivity index (χ0) is 10.1. The number of benzene rings is 1. The Morgan fingerprint density at radius 3 is 2.79 bits per heavy atom. The molecule has 0 fully saturated rings. The van der Waals surface area contributed by atoms with Gasteiger partial charge < -0.3 is 9.30 Å². The van der Waals surface area contributed by atoms with E-state index in [1.807, 2.05) is 0 Å². The van der Waals surface area contributed by atoms with Crippen LogP contribution in [0.2, 0.25) is 0 Å². The molecule has 1 aromatic carbocycles. The Morgan fingerprint density at radius 2 is 2.14 bits per heavy atom. The molecule has 0 amide bonds. The lowest BCUT2D eigenvalue weighted by Crippen LogP contribution is -1.96. The fraction of sp³-hybridized carbons (Fsp3) is 0.333. The molecule has 0 aliphatic rings. The molecule has 0 saturated heterocycles. The van der Waals surface area contributed by atoms with E-state index in [1.54, 1.807) is 7.11 Å². The molecule has 2 nitrogen and oxygen atoms in total. The first kappa shape index (κ1) is 9.28. The van der Waals surface area contributed by atoms with E-state index in [4.69, 9.17) is 4.74 Å². The minimum Gasteiger partial charge on any atom is -0.378 e. The fourth-order valence-electron chi connectivity index (χ4n) is 1.85. The van der Waals surface area contributed by atoms with Gasteiger partial charge in [-0.3, -0.25) is 0 Å². The van der Waals surface area contributed by atoms with Crippen molar-refractivity contribution in [3.8, 4) is 0 Å². The molecular formula is C12H15NO. The van der Waals surface area contributed by atoms with Crippen LogP contribution in [0.15, 0.2) is 24.3 Å². The molecule has 0 unspecified atom stereocenters. The van der Waals surface area contributed by atoms with Gasteiger partial charge in [0.05, 0.1) is 6.61 Å². The van der Waals surface area contributed by atoms with E-state index >= 15 is 0 Å². The zero-order valence-electron chi connectivity index (χ0n) is 8.87. The van der Waals surface area contributed by atoms with E-state index in [2.05, 4.69) is 42.8 Å². The predicted octanol–water partition coefficient (Wildman–Crippen LogP) is 2.63. The summed E-state index contributed by atoms with van der Waals surface area (Å²) in [7, 11) is 3.81. The molecule has 2 rings (SSSR count). The summed E-state index contributed by atoms with van der Waals surface area (Å²) in [5.74, 6) is 0. The van der Waals surface area contributed by atoms with Crippen LogP contribution < -0.4 is 0 Å². The van der Waals surface area contributed by atoms with Crippen molar-refractivity contribution in [1.29, 1.82) is 0 Å². The van der Waals surface area contributed by atoms with Crippen molar-refractivity contribution in [1.82, 2.24) is 4.57 Å². The van der Waals surface area contributed by atoms with Crippen LogP contribution in [-0.4, -0.2) is 11.7 Å². The molecule has 0 bridgehead atoms. The molecule has 0 aliphatic heterocycles. The summed E-state index contributed by atoms with van der Waals surface area (Å²) in [5.41, 5.74) is 3.81. The number of methoxy groups -OCH3 is 1. The lowest BCUT2D eigenvalue weighted by molar-refractivity contribution is 0.179. The molecule has 0 N–H and O–H groups in total. The molecule has 0 atom stereocenters. The van der Waals surface area contributed by atoms with Gasteiger partial charge in [0.15, 0.2) is 0 Å². The standard InChI is InChI=1S/C12H15NO/c1-9-5-4-6-12-11(9)7-10(8-14-3)13(12)2/h4-7H,8H2,1-3H3. The van der Waals surface area contributed by atoms with Gasteiger partial charge in [0, 0.05) is 30.8 Å². The van der Waals surface area contributed by atoms with Crippen LogP contribution in [0.4, 0.5) is 0 Å². The average Bonchev–Trinajstić information content (AvgIpc) is 2.48. The molecule has 0 radical (unpaired) electrons. The van der Waals surface area contributed by atoms with Crippen LogP contribution in [-0.2, 0) is 18.4 Å². The first-order valence-electron chi connectivity index (χ1n) is 4.77. The monoisotopic (exact) mass is 189 g/mol. The number of aromatic nitrogens is 1. The van der Waals surface area contributed by atoms with E-state index in [9.17, 15) is 0 Å². The molecule has 14 heavy (non-hydrogen) atoms. The molecule has 1 heterocycles. The third-order valence-corrected chi connectivity index (χ3v) is 2.70. The van der Waals surface area contributed by atoms with Gasteiger partial charge in [0.25, 0.3) is 0 Å². The van der Waals surface area contributed by atoms with Crippen molar-refractivity contribution in [2.75, 3.05) is 7.11 Å². The lowest BCUT2D eigenvalue weighted by Gasteiger charge is -2.02. The Labute approximate surface area is 84.1 Å². The minimum atomic E-state index is 0.671. The fourth-order valence-corrected chi connectivity index (χ4v) is 1.85. The molecule has 1 aromatic heterocycles. The van der Waals surface area contributed by atoms with Crippen molar-refractivity contribution in [3.05, 3.63) is 35.5 Å². The summed E-state index contributed by atoms with van der Waals surface area (Å²) < 4.78 is 7.34. The SMILES string of the molecule is COCc1cc2c(C)cccc2n1C. The predicted molar refractivity (Wildman–Crippen MR) is 58.4 cm³/mol. The van der Waals surface area contributed by atoms with Crippen molar-refractivity contribution in [3.63, 3.8) is 0 Å². The maximum absolute atomic E-state index is 5.16. The Morgan fingerprint density at radius 1 is 1.36 bits per heavy atom. The van der Waals surface area contributed by atoms with Gasteiger partial charge in [-0.25, -0.2) is 0 Å². The summed E-state index contributed by atoms with van der Waals surface area (Å²) in [5, 5.41) is 1.32. The Hall–Kier alpha value is -1.28. The second kappa shape index (κ2) is 3.46. The number of nitrogens with zero attached hydrogens (tertiary/aromatic N) is 1. The minimum absolute atomic E-state index is 0.671. The zero-order valence-corrected chi connectivity index (χ0v) is 8.87. The molecule has 74 valence electrons. The van der Waals surface area contributed by atoms with Gasteiger partial charge in [-0.15, -0.1) is 0 Å². The van der Waals surface area contributed by atoms with E-state index in [0.29, 0.717) is 6.61 Å². The van der Waals surface area contributed by atoms with E-state index in [1.165, 1.54) is 22.2 Å². The largest absolute Gasteiger partial charge is 0.378 e. The number of fused-ring (bicyclic) bond motifs is 1. The van der Waals surface area contributed by atoms with Crippen molar-refractivity contribution in [2.45, 2.75) is 13.5 Å². The van der Waals surface area contributed by atoms with Crippen molar-refractivity contribution >= 4 is 10.9 Å². The second-order valence-electron chi connectivity index (χ2n) is 3.64. The van der Waals surface area contributed by atoms with Crippen LogP contribution in [0.3, 0.4) is 0 Å². The molecule has 0 saturated carbocycles. The quantitative estimate of drug-likeness (QED) is 0.708. The number of hydrogen-bond donors (Lipinski definition) is 0.